The Labute approximate surface area is 219 Å². The molecular formula is C28H39FN2O5S. The van der Waals surface area contributed by atoms with Gasteiger partial charge in [0, 0.05) is 12.5 Å². The average Bonchev–Trinajstić information content (AvgIpc) is 2.75. The van der Waals surface area contributed by atoms with Crippen molar-refractivity contribution in [2.45, 2.75) is 77.7 Å². The predicted octanol–water partition coefficient (Wildman–Crippen LogP) is 4.46. The van der Waals surface area contributed by atoms with Gasteiger partial charge in [-0.3, -0.25) is 4.90 Å². The third kappa shape index (κ3) is 7.68. The molecule has 3 unspecified atom stereocenters. The maximum absolute atomic E-state index is 14.0. The molecule has 37 heavy (non-hydrogen) atoms. The zero-order chi connectivity index (χ0) is 27.8. The van der Waals surface area contributed by atoms with Gasteiger partial charge in [0.25, 0.3) is 0 Å². The first-order chi connectivity index (χ1) is 16.9. The number of nitrogens with zero attached hydrogens (tertiary/aromatic N) is 1. The molecule has 1 saturated heterocycles. The highest BCUT2D eigenvalue weighted by molar-refractivity contribution is 7.91. The number of hydrogen-bond acceptors (Lipinski definition) is 6. The first kappa shape index (κ1) is 28.9. The second-order valence-corrected chi connectivity index (χ2v) is 14.2. The van der Waals surface area contributed by atoms with Crippen molar-refractivity contribution in [1.82, 2.24) is 4.90 Å². The number of nitrogens with two attached hydrogens (primary N) is 1. The minimum absolute atomic E-state index is 0.00738. The van der Waals surface area contributed by atoms with Crippen LogP contribution in [0.5, 0.6) is 0 Å². The van der Waals surface area contributed by atoms with Crippen LogP contribution in [-0.2, 0) is 33.0 Å². The summed E-state index contributed by atoms with van der Waals surface area (Å²) in [6, 6.07) is 11.0. The lowest BCUT2D eigenvalue weighted by Gasteiger charge is -2.41. The highest BCUT2D eigenvalue weighted by atomic mass is 32.2. The molecule has 3 atom stereocenters. The molecule has 9 heteroatoms. The van der Waals surface area contributed by atoms with Crippen LogP contribution < -0.4 is 5.73 Å². The molecule has 0 radical (unpaired) electrons. The summed E-state index contributed by atoms with van der Waals surface area (Å²) in [5, 5.41) is 11.4. The molecule has 1 amide bonds. The highest BCUT2D eigenvalue weighted by Crippen LogP contribution is 2.30. The van der Waals surface area contributed by atoms with Crippen molar-refractivity contribution in [3.05, 3.63) is 65.0 Å². The van der Waals surface area contributed by atoms with Crippen LogP contribution in [0.2, 0.25) is 0 Å². The summed E-state index contributed by atoms with van der Waals surface area (Å²) in [4.78, 5) is 14.7. The van der Waals surface area contributed by atoms with Gasteiger partial charge in [0.2, 0.25) is 0 Å². The Bertz CT molecular complexity index is 1230. The van der Waals surface area contributed by atoms with Crippen molar-refractivity contribution in [1.29, 1.82) is 0 Å². The van der Waals surface area contributed by atoms with Crippen molar-refractivity contribution in [2.24, 2.45) is 5.92 Å². The maximum Gasteiger partial charge on any atom is 0.410 e. The largest absolute Gasteiger partial charge is 0.444 e. The fourth-order valence-electron chi connectivity index (χ4n) is 4.59. The lowest BCUT2D eigenvalue weighted by Crippen LogP contribution is -2.58. The molecule has 0 spiro atoms. The molecule has 0 bridgehead atoms. The molecule has 2 aromatic carbocycles. The smallest absolute Gasteiger partial charge is 0.410 e. The molecule has 1 aliphatic heterocycles. The second kappa shape index (κ2) is 10.6. The molecule has 204 valence electrons. The van der Waals surface area contributed by atoms with E-state index in [4.69, 9.17) is 10.5 Å². The van der Waals surface area contributed by atoms with E-state index in [1.54, 1.807) is 26.8 Å². The van der Waals surface area contributed by atoms with Crippen LogP contribution in [0.25, 0.3) is 0 Å². The fourth-order valence-corrected chi connectivity index (χ4v) is 6.59. The molecule has 1 aliphatic rings. The number of benzene rings is 2. The zero-order valence-electron chi connectivity index (χ0n) is 22.5. The van der Waals surface area contributed by atoms with Gasteiger partial charge in [-0.1, -0.05) is 51.1 Å². The van der Waals surface area contributed by atoms with Crippen LogP contribution in [0.3, 0.4) is 0 Å². The second-order valence-electron chi connectivity index (χ2n) is 12.0. The third-order valence-corrected chi connectivity index (χ3v) is 8.29. The van der Waals surface area contributed by atoms with Gasteiger partial charge in [0.15, 0.2) is 9.84 Å². The number of halogens is 1. The van der Waals surface area contributed by atoms with Crippen LogP contribution in [0, 0.1) is 11.7 Å². The number of hydrogen-bond donors (Lipinski definition) is 2. The summed E-state index contributed by atoms with van der Waals surface area (Å²) in [5.74, 6) is -1.99. The summed E-state index contributed by atoms with van der Waals surface area (Å²) < 4.78 is 45.7. The fraction of sp³-hybridized carbons (Fsp3) is 0.536. The molecule has 7 nitrogen and oxygen atoms in total. The van der Waals surface area contributed by atoms with Gasteiger partial charge in [-0.25, -0.2) is 17.6 Å². The number of sulfone groups is 1. The molecule has 1 heterocycles. The van der Waals surface area contributed by atoms with Gasteiger partial charge in [0.05, 0.1) is 29.3 Å². The molecule has 2 aromatic rings. The number of nitrogen functional groups attached to an aromatic ring is 1. The van der Waals surface area contributed by atoms with E-state index in [-0.39, 0.29) is 35.6 Å². The molecule has 0 aliphatic carbocycles. The van der Waals surface area contributed by atoms with Crippen LogP contribution >= 0.6 is 0 Å². The van der Waals surface area contributed by atoms with Crippen LogP contribution in [-0.4, -0.2) is 53.8 Å². The number of rotatable bonds is 5. The summed E-state index contributed by atoms with van der Waals surface area (Å²) in [6.45, 7) is 11.5. The number of anilines is 1. The van der Waals surface area contributed by atoms with E-state index in [1.807, 2.05) is 24.3 Å². The number of amides is 1. The molecule has 3 N–H and O–H groups in total. The van der Waals surface area contributed by atoms with Gasteiger partial charge < -0.3 is 15.6 Å². The number of carbonyl (C=O) groups is 1. The van der Waals surface area contributed by atoms with E-state index in [0.29, 0.717) is 5.56 Å². The first-order valence-corrected chi connectivity index (χ1v) is 14.3. The quantitative estimate of drug-likeness (QED) is 0.548. The van der Waals surface area contributed by atoms with Crippen LogP contribution in [0.1, 0.15) is 58.2 Å². The third-order valence-electron chi connectivity index (χ3n) is 6.51. The molecule has 0 saturated carbocycles. The van der Waals surface area contributed by atoms with Crippen molar-refractivity contribution in [3.8, 4) is 0 Å². The van der Waals surface area contributed by atoms with Gasteiger partial charge in [-0.15, -0.1) is 0 Å². The minimum Gasteiger partial charge on any atom is -0.444 e. The minimum atomic E-state index is -3.63. The Morgan fingerprint density at radius 3 is 2.35 bits per heavy atom. The average molecular weight is 535 g/mol. The van der Waals surface area contributed by atoms with Gasteiger partial charge in [-0.05, 0) is 61.4 Å². The Morgan fingerprint density at radius 1 is 1.08 bits per heavy atom. The van der Waals surface area contributed by atoms with Gasteiger partial charge >= 0.3 is 6.09 Å². The Kier molecular flexibility index (Phi) is 8.29. The first-order valence-electron chi connectivity index (χ1n) is 12.5. The Hall–Kier alpha value is -2.65. The topological polar surface area (TPSA) is 110 Å². The SMILES string of the molecule is CC(C)(C)OC(=O)N(Cc1cccc(C(C)(C)C)c1)C1CS(=O)(=O)CC(Cc2ccc(N)c(F)c2)C1O. The van der Waals surface area contributed by atoms with Crippen molar-refractivity contribution >= 4 is 21.6 Å². The van der Waals surface area contributed by atoms with Gasteiger partial charge in [0.1, 0.15) is 11.4 Å². The Morgan fingerprint density at radius 2 is 1.76 bits per heavy atom. The van der Waals surface area contributed by atoms with E-state index in [0.717, 1.165) is 11.1 Å². The molecule has 1 fully saturated rings. The molecular weight excluding hydrogens is 495 g/mol. The van der Waals surface area contributed by atoms with Crippen molar-refractivity contribution in [2.75, 3.05) is 17.2 Å². The summed E-state index contributed by atoms with van der Waals surface area (Å²) in [6.07, 6.45) is -1.75. The van der Waals surface area contributed by atoms with Crippen molar-refractivity contribution < 1.29 is 27.4 Å². The summed E-state index contributed by atoms with van der Waals surface area (Å²) in [7, 11) is -3.63. The Balaban J connectivity index is 1.97. The van der Waals surface area contributed by atoms with Crippen molar-refractivity contribution in [3.63, 3.8) is 0 Å². The van der Waals surface area contributed by atoms with E-state index < -0.39 is 45.4 Å². The number of aliphatic hydroxyl groups is 1. The highest BCUT2D eigenvalue weighted by Gasteiger charge is 2.44. The lowest BCUT2D eigenvalue weighted by atomic mass is 9.86. The molecule has 0 aromatic heterocycles. The lowest BCUT2D eigenvalue weighted by molar-refractivity contribution is -0.0172. The van der Waals surface area contributed by atoms with E-state index in [1.165, 1.54) is 17.0 Å². The normalized spacial score (nSPS) is 21.9. The van der Waals surface area contributed by atoms with Crippen LogP contribution in [0.15, 0.2) is 42.5 Å². The van der Waals surface area contributed by atoms with E-state index in [9.17, 15) is 22.7 Å². The number of ether oxygens (including phenoxy) is 1. The number of aliphatic hydroxyl groups excluding tert-OH is 1. The standard InChI is InChI=1S/C28H39FN2O5S/c1-27(2,3)21-9-7-8-19(13-21)15-31(26(33)36-28(4,5)6)24-17-37(34,35)16-20(25(24)32)12-18-10-11-23(30)22(29)14-18/h7-11,13-14,20,24-25,32H,12,15-17,30H2,1-6H3. The summed E-state index contributed by atoms with van der Waals surface area (Å²) in [5.41, 5.74) is 7.00. The van der Waals surface area contributed by atoms with E-state index >= 15 is 0 Å². The zero-order valence-corrected chi connectivity index (χ0v) is 23.3. The van der Waals surface area contributed by atoms with E-state index in [2.05, 4.69) is 20.8 Å². The van der Waals surface area contributed by atoms with Crippen LogP contribution in [0.4, 0.5) is 14.9 Å². The summed E-state index contributed by atoms with van der Waals surface area (Å²) >= 11 is 0. The molecule has 3 rings (SSSR count). The van der Waals surface area contributed by atoms with Gasteiger partial charge in [-0.2, -0.15) is 0 Å². The predicted molar refractivity (Wildman–Crippen MR) is 143 cm³/mol. The monoisotopic (exact) mass is 534 g/mol. The number of carbonyl (C=O) groups excluding carboxylic acids is 1. The maximum atomic E-state index is 14.0.